The maximum absolute atomic E-state index is 14.1. The molecule has 3 aromatic carbocycles. The third-order valence-corrected chi connectivity index (χ3v) is 8.43. The Morgan fingerprint density at radius 1 is 0.909 bits per heavy atom. The van der Waals surface area contributed by atoms with E-state index in [9.17, 15) is 24.3 Å². The number of hydrogen-bond donors (Lipinski definition) is 2. The largest absolute Gasteiger partial charge is 0.480 e. The Morgan fingerprint density at radius 3 is 2.14 bits per heavy atom. The Balaban J connectivity index is 1.31. The molecule has 1 fully saturated rings. The van der Waals surface area contributed by atoms with Crippen LogP contribution in [0.25, 0.3) is 11.1 Å². The second kappa shape index (κ2) is 13.6. The first-order chi connectivity index (χ1) is 21.3. The van der Waals surface area contributed by atoms with Gasteiger partial charge in [0.25, 0.3) is 5.91 Å². The van der Waals surface area contributed by atoms with Gasteiger partial charge in [0.05, 0.1) is 0 Å². The molecule has 1 aliphatic heterocycles. The van der Waals surface area contributed by atoms with Gasteiger partial charge >= 0.3 is 18.2 Å². The molecule has 1 heterocycles. The van der Waals surface area contributed by atoms with Crippen LogP contribution >= 0.6 is 0 Å². The summed E-state index contributed by atoms with van der Waals surface area (Å²) in [7, 11) is 0. The van der Waals surface area contributed by atoms with E-state index < -0.39 is 36.1 Å². The van der Waals surface area contributed by atoms with Crippen LogP contribution in [-0.2, 0) is 25.7 Å². The molecule has 1 unspecified atom stereocenters. The van der Waals surface area contributed by atoms with Crippen LogP contribution in [0.3, 0.4) is 0 Å². The predicted molar refractivity (Wildman–Crippen MR) is 162 cm³/mol. The topological polar surface area (TPSA) is 125 Å². The van der Waals surface area contributed by atoms with Crippen molar-refractivity contribution >= 4 is 24.1 Å². The first-order valence-corrected chi connectivity index (χ1v) is 15.0. The minimum atomic E-state index is -1.30. The molecule has 3 aromatic rings. The highest BCUT2D eigenvalue weighted by Gasteiger charge is 2.44. The van der Waals surface area contributed by atoms with Crippen molar-refractivity contribution in [2.75, 3.05) is 13.2 Å². The number of carboxylic acid groups (broad SMARTS) is 1. The van der Waals surface area contributed by atoms with Gasteiger partial charge in [0.1, 0.15) is 19.3 Å². The zero-order valence-corrected chi connectivity index (χ0v) is 24.8. The van der Waals surface area contributed by atoms with Crippen LogP contribution in [0.4, 0.5) is 9.59 Å². The van der Waals surface area contributed by atoms with Crippen molar-refractivity contribution in [2.24, 2.45) is 5.92 Å². The summed E-state index contributed by atoms with van der Waals surface area (Å²) in [6, 6.07) is 22.6. The van der Waals surface area contributed by atoms with Crippen LogP contribution in [0, 0.1) is 5.92 Å². The van der Waals surface area contributed by atoms with Crippen molar-refractivity contribution in [3.05, 3.63) is 95.6 Å². The van der Waals surface area contributed by atoms with E-state index in [0.717, 1.165) is 37.8 Å². The maximum atomic E-state index is 14.1. The number of carbonyl (C=O) groups excluding carboxylic acids is 3. The monoisotopic (exact) mass is 599 g/mol. The fraction of sp³-hybridized carbons (Fsp3) is 0.353. The van der Waals surface area contributed by atoms with E-state index in [1.807, 2.05) is 73.7 Å². The molecule has 3 atom stereocenters. The van der Waals surface area contributed by atoms with Crippen LogP contribution in [0.2, 0.25) is 0 Å². The van der Waals surface area contributed by atoms with E-state index >= 15 is 0 Å². The van der Waals surface area contributed by atoms with Gasteiger partial charge in [0.2, 0.25) is 0 Å². The third kappa shape index (κ3) is 6.39. The van der Waals surface area contributed by atoms with Gasteiger partial charge in [-0.15, -0.1) is 0 Å². The first-order valence-electron chi connectivity index (χ1n) is 15.0. The van der Waals surface area contributed by atoms with E-state index in [4.69, 9.17) is 9.47 Å². The number of rotatable bonds is 9. The van der Waals surface area contributed by atoms with Gasteiger partial charge in [-0.25, -0.2) is 24.4 Å². The lowest BCUT2D eigenvalue weighted by Crippen LogP contribution is -2.65. The molecular weight excluding hydrogens is 562 g/mol. The summed E-state index contributed by atoms with van der Waals surface area (Å²) in [5.74, 6) is -2.51. The number of aliphatic carboxylic acids is 1. The molecule has 1 saturated heterocycles. The number of benzene rings is 3. The van der Waals surface area contributed by atoms with E-state index in [2.05, 4.69) is 5.32 Å². The minimum absolute atomic E-state index is 0.0390. The molecule has 5 rings (SSSR count). The van der Waals surface area contributed by atoms with Gasteiger partial charge < -0.3 is 19.9 Å². The molecule has 0 bridgehead atoms. The summed E-state index contributed by atoms with van der Waals surface area (Å²) in [6.07, 6.45) is -0.606. The molecule has 44 heavy (non-hydrogen) atoms. The molecule has 230 valence electrons. The van der Waals surface area contributed by atoms with Crippen molar-refractivity contribution in [1.82, 2.24) is 15.3 Å². The molecule has 10 nitrogen and oxygen atoms in total. The number of hydrazine groups is 1. The first kappa shape index (κ1) is 30.6. The molecule has 1 aliphatic carbocycles. The van der Waals surface area contributed by atoms with E-state index in [-0.39, 0.29) is 38.0 Å². The van der Waals surface area contributed by atoms with Gasteiger partial charge in [-0.05, 0) is 46.6 Å². The van der Waals surface area contributed by atoms with Crippen molar-refractivity contribution in [3.8, 4) is 11.1 Å². The Kier molecular flexibility index (Phi) is 9.47. The predicted octanol–water partition coefficient (Wildman–Crippen LogP) is 5.57. The standard InChI is InChI=1S/C34H37N3O7/c1-3-22(2)30(35-33(41)43-21-28-26-16-9-7-14-24(26)25-15-8-10-17-27(25)28)31(38)37-29(32(39)40)18-11-19-36(37)34(42)44-20-23-12-5-4-6-13-23/h4-10,12-17,22,28-30H,3,11,18-21H2,1-2H3,(H,35,41)(H,39,40)/t22?,29-,30+/m1/s1. The molecule has 0 saturated carbocycles. The highest BCUT2D eigenvalue weighted by molar-refractivity contribution is 5.91. The molecule has 3 amide bonds. The number of carbonyl (C=O) groups is 4. The highest BCUT2D eigenvalue weighted by Crippen LogP contribution is 2.44. The van der Waals surface area contributed by atoms with Crippen molar-refractivity contribution in [2.45, 2.75) is 57.7 Å². The highest BCUT2D eigenvalue weighted by atomic mass is 16.6. The minimum Gasteiger partial charge on any atom is -0.480 e. The average Bonchev–Trinajstić information content (AvgIpc) is 3.38. The summed E-state index contributed by atoms with van der Waals surface area (Å²) in [5, 5.41) is 14.7. The lowest BCUT2D eigenvalue weighted by Gasteiger charge is -2.43. The van der Waals surface area contributed by atoms with Gasteiger partial charge in [-0.2, -0.15) is 0 Å². The lowest BCUT2D eigenvalue weighted by molar-refractivity contribution is -0.173. The smallest absolute Gasteiger partial charge is 0.429 e. The number of ether oxygens (including phenoxy) is 2. The Hall–Kier alpha value is -4.86. The Labute approximate surface area is 256 Å². The molecule has 0 spiro atoms. The normalized spacial score (nSPS) is 17.2. The fourth-order valence-electron chi connectivity index (χ4n) is 5.90. The van der Waals surface area contributed by atoms with Gasteiger partial charge in [-0.1, -0.05) is 99.1 Å². The number of fused-ring (bicyclic) bond motifs is 3. The van der Waals surface area contributed by atoms with Crippen LogP contribution in [-0.4, -0.2) is 64.4 Å². The van der Waals surface area contributed by atoms with Crippen LogP contribution in [0.15, 0.2) is 78.9 Å². The van der Waals surface area contributed by atoms with Crippen molar-refractivity contribution in [3.63, 3.8) is 0 Å². The number of hydrogen-bond acceptors (Lipinski definition) is 6. The van der Waals surface area contributed by atoms with Crippen LogP contribution in [0.5, 0.6) is 0 Å². The molecule has 2 N–H and O–H groups in total. The summed E-state index contributed by atoms with van der Waals surface area (Å²) < 4.78 is 11.2. The van der Waals surface area contributed by atoms with E-state index in [1.165, 1.54) is 0 Å². The van der Waals surface area contributed by atoms with Crippen molar-refractivity contribution < 1.29 is 33.8 Å². The molecule has 0 radical (unpaired) electrons. The van der Waals surface area contributed by atoms with Crippen LogP contribution in [0.1, 0.15) is 55.7 Å². The summed E-state index contributed by atoms with van der Waals surface area (Å²) in [6.45, 7) is 3.76. The summed E-state index contributed by atoms with van der Waals surface area (Å²) in [5.41, 5.74) is 5.04. The second-order valence-corrected chi connectivity index (χ2v) is 11.2. The Bertz CT molecular complexity index is 1470. The Morgan fingerprint density at radius 2 is 1.52 bits per heavy atom. The molecular formula is C34H37N3O7. The van der Waals surface area contributed by atoms with Gasteiger partial charge in [-0.3, -0.25) is 4.79 Å². The van der Waals surface area contributed by atoms with Crippen molar-refractivity contribution in [1.29, 1.82) is 0 Å². The summed E-state index contributed by atoms with van der Waals surface area (Å²) in [4.78, 5) is 52.7. The number of alkyl carbamates (subject to hydrolysis) is 1. The molecule has 2 aliphatic rings. The number of amides is 3. The zero-order chi connectivity index (χ0) is 31.2. The second-order valence-electron chi connectivity index (χ2n) is 11.2. The van der Waals surface area contributed by atoms with Gasteiger partial charge in [0.15, 0.2) is 6.04 Å². The van der Waals surface area contributed by atoms with E-state index in [1.54, 1.807) is 19.1 Å². The lowest BCUT2D eigenvalue weighted by atomic mass is 9.96. The fourth-order valence-corrected chi connectivity index (χ4v) is 5.90. The van der Waals surface area contributed by atoms with Gasteiger partial charge in [0, 0.05) is 12.5 Å². The number of nitrogens with zero attached hydrogens (tertiary/aromatic N) is 2. The quantitative estimate of drug-likeness (QED) is 0.329. The molecule has 0 aromatic heterocycles. The van der Waals surface area contributed by atoms with Crippen LogP contribution < -0.4 is 5.32 Å². The number of carboxylic acids is 1. The SMILES string of the molecule is CCC(C)[C@H](NC(=O)OCC1c2ccccc2-c2ccccc21)C(=O)N1[C@@H](C(=O)O)CCCN1C(=O)OCc1ccccc1. The summed E-state index contributed by atoms with van der Waals surface area (Å²) >= 11 is 0. The molecule has 10 heteroatoms. The number of nitrogens with one attached hydrogen (secondary N) is 1. The zero-order valence-electron chi connectivity index (χ0n) is 24.8. The van der Waals surface area contributed by atoms with E-state index in [0.29, 0.717) is 12.8 Å². The average molecular weight is 600 g/mol. The maximum Gasteiger partial charge on any atom is 0.429 e. The third-order valence-electron chi connectivity index (χ3n) is 8.43.